The van der Waals surface area contributed by atoms with Crippen LogP contribution < -0.4 is 4.72 Å². The van der Waals surface area contributed by atoms with Gasteiger partial charge in [0, 0.05) is 18.0 Å². The summed E-state index contributed by atoms with van der Waals surface area (Å²) in [5, 5.41) is 12.8. The molecule has 2 N–H and O–H groups in total. The van der Waals surface area contributed by atoms with Gasteiger partial charge in [-0.05, 0) is 6.26 Å². The van der Waals surface area contributed by atoms with Crippen LogP contribution >= 0.6 is 11.8 Å². The minimum absolute atomic E-state index is 0.0713. The number of sulfonamides is 1. The van der Waals surface area contributed by atoms with E-state index in [1.54, 1.807) is 11.8 Å². The predicted molar refractivity (Wildman–Crippen MR) is 67.5 cm³/mol. The first-order chi connectivity index (χ1) is 7.99. The molecule has 0 aliphatic rings. The normalized spacial score (nSPS) is 13.8. The molecular formula is C9H17N3O3S2. The lowest BCUT2D eigenvalue weighted by Crippen LogP contribution is -2.29. The molecular weight excluding hydrogens is 262 g/mol. The van der Waals surface area contributed by atoms with E-state index in [4.69, 9.17) is 5.11 Å². The highest BCUT2D eigenvalue weighted by atomic mass is 32.2. The maximum atomic E-state index is 11.8. The Labute approximate surface area is 105 Å². The van der Waals surface area contributed by atoms with Gasteiger partial charge in [-0.3, -0.25) is 4.68 Å². The van der Waals surface area contributed by atoms with Crippen LogP contribution in [0, 0.1) is 0 Å². The van der Waals surface area contributed by atoms with Gasteiger partial charge in [-0.15, -0.1) is 0 Å². The van der Waals surface area contributed by atoms with Crippen LogP contribution in [0.15, 0.2) is 17.3 Å². The molecule has 0 aromatic carbocycles. The van der Waals surface area contributed by atoms with Crippen LogP contribution in [0.2, 0.25) is 0 Å². The average molecular weight is 279 g/mol. The summed E-state index contributed by atoms with van der Waals surface area (Å²) in [5.41, 5.74) is 0. The molecule has 0 amide bonds. The third-order valence-corrected chi connectivity index (χ3v) is 4.56. The Morgan fingerprint density at radius 1 is 1.65 bits per heavy atom. The summed E-state index contributed by atoms with van der Waals surface area (Å²) < 4.78 is 27.6. The molecule has 1 atom stereocenters. The van der Waals surface area contributed by atoms with Gasteiger partial charge in [0.15, 0.2) is 0 Å². The molecule has 0 saturated heterocycles. The molecule has 8 heteroatoms. The number of nitrogens with zero attached hydrogens (tertiary/aromatic N) is 2. The van der Waals surface area contributed by atoms with Crippen molar-refractivity contribution in [3.8, 4) is 0 Å². The standard InChI is InChI=1S/C9H17N3O3S2/c1-8(16-2)5-11-17(14,15)9-6-10-12(7-9)3-4-13/h6-8,11,13H,3-5H2,1-2H3. The Bertz CT molecular complexity index is 444. The van der Waals surface area contributed by atoms with Crippen LogP contribution in [0.25, 0.3) is 0 Å². The van der Waals surface area contributed by atoms with E-state index in [2.05, 4.69) is 9.82 Å². The van der Waals surface area contributed by atoms with Crippen molar-refractivity contribution in [1.29, 1.82) is 0 Å². The molecule has 0 spiro atoms. The Hall–Kier alpha value is -0.570. The number of aliphatic hydroxyl groups excluding tert-OH is 1. The molecule has 1 heterocycles. The van der Waals surface area contributed by atoms with E-state index in [0.717, 1.165) is 0 Å². The van der Waals surface area contributed by atoms with E-state index in [1.165, 1.54) is 17.1 Å². The number of nitrogens with one attached hydrogen (secondary N) is 1. The van der Waals surface area contributed by atoms with E-state index < -0.39 is 10.0 Å². The first-order valence-corrected chi connectivity index (χ1v) is 7.92. The van der Waals surface area contributed by atoms with Gasteiger partial charge in [0.1, 0.15) is 4.90 Å². The maximum Gasteiger partial charge on any atom is 0.243 e. The van der Waals surface area contributed by atoms with Crippen LogP contribution in [0.3, 0.4) is 0 Å². The Balaban J connectivity index is 2.68. The largest absolute Gasteiger partial charge is 0.394 e. The van der Waals surface area contributed by atoms with Crippen molar-refractivity contribution >= 4 is 21.8 Å². The van der Waals surface area contributed by atoms with E-state index in [-0.39, 0.29) is 23.3 Å². The molecule has 0 saturated carbocycles. The SMILES string of the molecule is CSC(C)CNS(=O)(=O)c1cnn(CCO)c1. The molecule has 0 bridgehead atoms. The third-order valence-electron chi connectivity index (χ3n) is 2.21. The molecule has 0 radical (unpaired) electrons. The van der Waals surface area contributed by atoms with E-state index >= 15 is 0 Å². The van der Waals surface area contributed by atoms with Gasteiger partial charge >= 0.3 is 0 Å². The summed E-state index contributed by atoms with van der Waals surface area (Å²) in [5.74, 6) is 0. The fraction of sp³-hybridized carbons (Fsp3) is 0.667. The molecule has 17 heavy (non-hydrogen) atoms. The number of aliphatic hydroxyl groups is 1. The van der Waals surface area contributed by atoms with Gasteiger partial charge in [-0.1, -0.05) is 6.92 Å². The fourth-order valence-electron chi connectivity index (χ4n) is 1.10. The van der Waals surface area contributed by atoms with Gasteiger partial charge in [0.2, 0.25) is 10.0 Å². The fourth-order valence-corrected chi connectivity index (χ4v) is 2.54. The summed E-state index contributed by atoms with van der Waals surface area (Å²) >= 11 is 1.59. The average Bonchev–Trinajstić information content (AvgIpc) is 2.76. The first kappa shape index (κ1) is 14.5. The molecule has 6 nitrogen and oxygen atoms in total. The molecule has 0 aliphatic carbocycles. The smallest absolute Gasteiger partial charge is 0.243 e. The molecule has 1 aromatic rings. The molecule has 1 rings (SSSR count). The van der Waals surface area contributed by atoms with E-state index in [9.17, 15) is 8.42 Å². The summed E-state index contributed by atoms with van der Waals surface area (Å²) in [7, 11) is -3.49. The third kappa shape index (κ3) is 4.30. The second kappa shape index (κ2) is 6.39. The van der Waals surface area contributed by atoms with Crippen molar-refractivity contribution in [1.82, 2.24) is 14.5 Å². The van der Waals surface area contributed by atoms with Crippen molar-refractivity contribution in [3.05, 3.63) is 12.4 Å². The molecule has 0 aliphatic heterocycles. The zero-order valence-electron chi connectivity index (χ0n) is 9.83. The Kier molecular flexibility index (Phi) is 5.44. The number of rotatable bonds is 7. The zero-order valence-corrected chi connectivity index (χ0v) is 11.5. The lowest BCUT2D eigenvalue weighted by atomic mass is 10.5. The number of hydrogen-bond donors (Lipinski definition) is 2. The van der Waals surface area contributed by atoms with Crippen molar-refractivity contribution < 1.29 is 13.5 Å². The van der Waals surface area contributed by atoms with Crippen molar-refractivity contribution in [2.45, 2.75) is 23.6 Å². The van der Waals surface area contributed by atoms with Gasteiger partial charge < -0.3 is 5.11 Å². The number of hydrogen-bond acceptors (Lipinski definition) is 5. The van der Waals surface area contributed by atoms with E-state index in [0.29, 0.717) is 6.54 Å². The lowest BCUT2D eigenvalue weighted by molar-refractivity contribution is 0.269. The topological polar surface area (TPSA) is 84.2 Å². The van der Waals surface area contributed by atoms with Crippen LogP contribution in [-0.2, 0) is 16.6 Å². The van der Waals surface area contributed by atoms with Crippen LogP contribution in [0.1, 0.15) is 6.92 Å². The molecule has 1 aromatic heterocycles. The highest BCUT2D eigenvalue weighted by molar-refractivity contribution is 7.99. The Morgan fingerprint density at radius 3 is 2.94 bits per heavy atom. The van der Waals surface area contributed by atoms with Crippen molar-refractivity contribution in [2.24, 2.45) is 0 Å². The van der Waals surface area contributed by atoms with Crippen LogP contribution in [0.4, 0.5) is 0 Å². The maximum absolute atomic E-state index is 11.8. The summed E-state index contributed by atoms with van der Waals surface area (Å²) in [6, 6.07) is 0. The highest BCUT2D eigenvalue weighted by Gasteiger charge is 2.16. The van der Waals surface area contributed by atoms with Gasteiger partial charge in [-0.25, -0.2) is 13.1 Å². The van der Waals surface area contributed by atoms with Crippen LogP contribution in [-0.4, -0.2) is 48.0 Å². The van der Waals surface area contributed by atoms with Gasteiger partial charge in [0.05, 0.1) is 19.3 Å². The summed E-state index contributed by atoms with van der Waals surface area (Å²) in [4.78, 5) is 0.124. The van der Waals surface area contributed by atoms with Crippen molar-refractivity contribution in [3.63, 3.8) is 0 Å². The molecule has 1 unspecified atom stereocenters. The summed E-state index contributed by atoms with van der Waals surface area (Å²) in [6.07, 6.45) is 4.61. The monoisotopic (exact) mass is 279 g/mol. The molecule has 0 fully saturated rings. The second-order valence-corrected chi connectivity index (χ2v) is 6.60. The predicted octanol–water partition coefficient (Wildman–Crippen LogP) is -0.0948. The second-order valence-electron chi connectivity index (χ2n) is 3.56. The van der Waals surface area contributed by atoms with Crippen LogP contribution in [0.5, 0.6) is 0 Å². The number of aromatic nitrogens is 2. The minimum Gasteiger partial charge on any atom is -0.394 e. The quantitative estimate of drug-likeness (QED) is 0.728. The lowest BCUT2D eigenvalue weighted by Gasteiger charge is -2.09. The van der Waals surface area contributed by atoms with Gasteiger partial charge in [-0.2, -0.15) is 16.9 Å². The summed E-state index contributed by atoms with van der Waals surface area (Å²) in [6.45, 7) is 2.55. The highest BCUT2D eigenvalue weighted by Crippen LogP contribution is 2.09. The first-order valence-electron chi connectivity index (χ1n) is 5.15. The number of thioether (sulfide) groups is 1. The molecule has 98 valence electrons. The zero-order chi connectivity index (χ0) is 12.9. The van der Waals surface area contributed by atoms with E-state index in [1.807, 2.05) is 13.2 Å². The van der Waals surface area contributed by atoms with Crippen molar-refractivity contribution in [2.75, 3.05) is 19.4 Å². The Morgan fingerprint density at radius 2 is 2.35 bits per heavy atom. The van der Waals surface area contributed by atoms with Gasteiger partial charge in [0.25, 0.3) is 0 Å². The minimum atomic E-state index is -3.49.